The number of hydrogen-bond acceptors (Lipinski definition) is 9. The lowest BCUT2D eigenvalue weighted by molar-refractivity contribution is 0.144. The zero-order valence-corrected chi connectivity index (χ0v) is 19.4. The van der Waals surface area contributed by atoms with Crippen molar-refractivity contribution in [3.8, 4) is 11.5 Å². The minimum absolute atomic E-state index is 0.137. The lowest BCUT2D eigenvalue weighted by Crippen LogP contribution is -2.29. The van der Waals surface area contributed by atoms with E-state index >= 15 is 0 Å². The summed E-state index contributed by atoms with van der Waals surface area (Å²) in [7, 11) is -4.24. The van der Waals surface area contributed by atoms with Gasteiger partial charge >= 0.3 is 7.32 Å². The van der Waals surface area contributed by atoms with E-state index in [9.17, 15) is 8.42 Å². The molecule has 0 saturated carbocycles. The number of hydrogen-bond donors (Lipinski definition) is 2. The first-order chi connectivity index (χ1) is 15.7. The molecule has 0 saturated heterocycles. The van der Waals surface area contributed by atoms with E-state index in [2.05, 4.69) is 9.50 Å². The number of rotatable bonds is 10. The molecular weight excluding hydrogens is 449 g/mol. The third-order valence-corrected chi connectivity index (χ3v) is 5.81. The summed E-state index contributed by atoms with van der Waals surface area (Å²) in [5.41, 5.74) is 1.12. The van der Waals surface area contributed by atoms with Gasteiger partial charge in [-0.15, -0.1) is 4.40 Å². The molecule has 2 aromatic rings. The Morgan fingerprint density at radius 1 is 1.15 bits per heavy atom. The molecule has 0 spiro atoms. The van der Waals surface area contributed by atoms with Gasteiger partial charge in [0.1, 0.15) is 17.3 Å². The van der Waals surface area contributed by atoms with Crippen LogP contribution in [-0.2, 0) is 14.8 Å². The average molecular weight is 475 g/mol. The van der Waals surface area contributed by atoms with Gasteiger partial charge in [0.2, 0.25) is 0 Å². The van der Waals surface area contributed by atoms with E-state index in [0.29, 0.717) is 24.3 Å². The lowest BCUT2D eigenvalue weighted by Gasteiger charge is -2.21. The molecule has 0 aliphatic carbocycles. The molecule has 0 unspecified atom stereocenters. The molecule has 0 fully saturated rings. The summed E-state index contributed by atoms with van der Waals surface area (Å²) in [6.45, 7) is 4.97. The van der Waals surface area contributed by atoms with Crippen LogP contribution in [0.2, 0.25) is 0 Å². The van der Waals surface area contributed by atoms with Crippen molar-refractivity contribution in [2.75, 3.05) is 26.9 Å². The second-order valence-corrected chi connectivity index (χ2v) is 9.17. The number of hydrazone groups is 1. The number of fused-ring (bicyclic) bond motifs is 1. The minimum Gasteiger partial charge on any atom is -0.509 e. The second-order valence-electron chi connectivity index (χ2n) is 7.60. The first kappa shape index (κ1) is 24.7. The molecule has 2 N–H and O–H groups in total. The van der Waals surface area contributed by atoms with Crippen molar-refractivity contribution >= 4 is 29.4 Å². The summed E-state index contributed by atoms with van der Waals surface area (Å²) < 4.78 is 44.5. The van der Waals surface area contributed by atoms with Crippen LogP contribution in [0.3, 0.4) is 0 Å². The third kappa shape index (κ3) is 6.32. The van der Waals surface area contributed by atoms with Gasteiger partial charge in [-0.05, 0) is 41.8 Å². The third-order valence-electron chi connectivity index (χ3n) is 4.49. The average Bonchev–Trinajstić information content (AvgIpc) is 3.03. The quantitative estimate of drug-likeness (QED) is 0.229. The minimum atomic E-state index is -3.78. The Bertz CT molecular complexity index is 1140. The van der Waals surface area contributed by atoms with Crippen molar-refractivity contribution in [3.05, 3.63) is 53.6 Å². The van der Waals surface area contributed by atoms with Crippen LogP contribution < -0.4 is 9.39 Å². The Labute approximate surface area is 193 Å². The molecule has 2 aromatic carbocycles. The zero-order valence-electron chi connectivity index (χ0n) is 18.6. The fraction of sp³-hybridized carbons (Fsp3) is 0.333. The standard InChI is InChI=1S/C21H26BN3O7S/c1-15(2)14-25(21-17-6-4-5-7-20(17)33(28,29)24-21)23-13-16-8-9-18(32-22(26)27)19(12-16)31-11-10-30-3/h4-9,12-13,15,26-27H,10-11,14H2,1-3H3/b23-13+. The van der Waals surface area contributed by atoms with Crippen LogP contribution in [0.1, 0.15) is 25.0 Å². The maximum absolute atomic E-state index is 12.5. The van der Waals surface area contributed by atoms with Crippen molar-refractivity contribution in [2.45, 2.75) is 18.7 Å². The molecule has 0 atom stereocenters. The smallest absolute Gasteiger partial charge is 0.509 e. The topological polar surface area (TPSA) is 130 Å². The molecule has 1 aliphatic heterocycles. The largest absolute Gasteiger partial charge is 0.707 e. The summed E-state index contributed by atoms with van der Waals surface area (Å²) in [5.74, 6) is 0.841. The van der Waals surface area contributed by atoms with Crippen molar-refractivity contribution < 1.29 is 32.6 Å². The summed E-state index contributed by atoms with van der Waals surface area (Å²) in [6.07, 6.45) is 1.54. The Morgan fingerprint density at radius 3 is 2.61 bits per heavy atom. The van der Waals surface area contributed by atoms with Crippen LogP contribution in [-0.4, -0.2) is 69.7 Å². The van der Waals surface area contributed by atoms with Crippen LogP contribution in [0.4, 0.5) is 0 Å². The van der Waals surface area contributed by atoms with Crippen LogP contribution in [0.25, 0.3) is 0 Å². The van der Waals surface area contributed by atoms with E-state index in [4.69, 9.17) is 24.2 Å². The van der Waals surface area contributed by atoms with Gasteiger partial charge < -0.3 is 24.2 Å². The van der Waals surface area contributed by atoms with Crippen molar-refractivity contribution in [1.29, 1.82) is 0 Å². The first-order valence-electron chi connectivity index (χ1n) is 10.3. The Balaban J connectivity index is 1.92. The van der Waals surface area contributed by atoms with E-state index in [1.54, 1.807) is 41.6 Å². The molecule has 0 aromatic heterocycles. The highest BCUT2D eigenvalue weighted by Gasteiger charge is 2.31. The van der Waals surface area contributed by atoms with Crippen LogP contribution >= 0.6 is 0 Å². The highest BCUT2D eigenvalue weighted by Crippen LogP contribution is 2.30. The molecule has 10 nitrogen and oxygen atoms in total. The van der Waals surface area contributed by atoms with Crippen molar-refractivity contribution in [3.63, 3.8) is 0 Å². The van der Waals surface area contributed by atoms with Gasteiger partial charge in [0.15, 0.2) is 11.6 Å². The molecule has 12 heteroatoms. The van der Waals surface area contributed by atoms with E-state index in [-0.39, 0.29) is 34.8 Å². The van der Waals surface area contributed by atoms with Gasteiger partial charge in [-0.3, -0.25) is 0 Å². The molecule has 1 aliphatic rings. The molecule has 3 rings (SSSR count). The van der Waals surface area contributed by atoms with E-state index in [0.717, 1.165) is 0 Å². The molecule has 0 amide bonds. The Hall–Kier alpha value is -2.93. The van der Waals surface area contributed by atoms with Gasteiger partial charge in [-0.25, -0.2) is 5.01 Å². The normalized spacial score (nSPS) is 14.3. The number of nitrogens with zero attached hydrogens (tertiary/aromatic N) is 3. The SMILES string of the molecule is COCCOc1cc(/C=N/N(CC(C)C)C2=NS(=O)(=O)c3ccccc32)ccc1OB(O)O. The number of amidine groups is 1. The lowest BCUT2D eigenvalue weighted by atomic mass is 10.1. The molecule has 0 radical (unpaired) electrons. The van der Waals surface area contributed by atoms with Crippen LogP contribution in [0, 0.1) is 5.92 Å². The summed E-state index contributed by atoms with van der Waals surface area (Å²) >= 11 is 0. The molecule has 33 heavy (non-hydrogen) atoms. The molecule has 176 valence electrons. The Kier molecular flexibility index (Phi) is 8.08. The van der Waals surface area contributed by atoms with E-state index < -0.39 is 17.3 Å². The van der Waals surface area contributed by atoms with Crippen molar-refractivity contribution in [2.24, 2.45) is 15.4 Å². The van der Waals surface area contributed by atoms with Crippen LogP contribution in [0.5, 0.6) is 11.5 Å². The highest BCUT2D eigenvalue weighted by molar-refractivity contribution is 7.90. The predicted octanol–water partition coefficient (Wildman–Crippen LogP) is 1.50. The van der Waals surface area contributed by atoms with Gasteiger partial charge in [-0.2, -0.15) is 13.5 Å². The molecule has 0 bridgehead atoms. The van der Waals surface area contributed by atoms with Gasteiger partial charge in [-0.1, -0.05) is 26.0 Å². The highest BCUT2D eigenvalue weighted by atomic mass is 32.2. The van der Waals surface area contributed by atoms with Crippen LogP contribution in [0.15, 0.2) is 56.9 Å². The van der Waals surface area contributed by atoms with E-state index in [1.165, 1.54) is 19.2 Å². The number of sulfonamides is 1. The Morgan fingerprint density at radius 2 is 1.91 bits per heavy atom. The molecule has 1 heterocycles. The van der Waals surface area contributed by atoms with E-state index in [1.807, 2.05) is 13.8 Å². The fourth-order valence-electron chi connectivity index (χ4n) is 3.11. The van der Waals surface area contributed by atoms with Gasteiger partial charge in [0.25, 0.3) is 10.0 Å². The zero-order chi connectivity index (χ0) is 24.0. The summed E-state index contributed by atoms with van der Waals surface area (Å²) in [5, 5.41) is 24.3. The maximum Gasteiger partial charge on any atom is 0.707 e. The monoisotopic (exact) mass is 475 g/mol. The second kappa shape index (κ2) is 10.8. The maximum atomic E-state index is 12.5. The summed E-state index contributed by atoms with van der Waals surface area (Å²) in [4.78, 5) is 0.154. The number of ether oxygens (including phenoxy) is 2. The summed E-state index contributed by atoms with van der Waals surface area (Å²) in [6, 6.07) is 11.4. The first-order valence-corrected chi connectivity index (χ1v) is 11.7. The van der Waals surface area contributed by atoms with Gasteiger partial charge in [0.05, 0.1) is 12.8 Å². The fourth-order valence-corrected chi connectivity index (χ4v) is 4.32. The van der Waals surface area contributed by atoms with Crippen molar-refractivity contribution in [1.82, 2.24) is 5.01 Å². The number of methoxy groups -OCH3 is 1. The predicted molar refractivity (Wildman–Crippen MR) is 124 cm³/mol. The van der Waals surface area contributed by atoms with Gasteiger partial charge in [0, 0.05) is 19.2 Å². The number of benzene rings is 2. The molecular formula is C21H26BN3O7S.